The largest absolute Gasteiger partial charge is 0.390 e. The van der Waals surface area contributed by atoms with Crippen molar-refractivity contribution in [1.82, 2.24) is 9.29 Å². The van der Waals surface area contributed by atoms with E-state index in [1.807, 2.05) is 6.92 Å². The van der Waals surface area contributed by atoms with Crippen molar-refractivity contribution in [3.8, 4) is 0 Å². The lowest BCUT2D eigenvalue weighted by atomic mass is 10.2. The van der Waals surface area contributed by atoms with Gasteiger partial charge in [-0.05, 0) is 25.1 Å². The van der Waals surface area contributed by atoms with Crippen LogP contribution in [0.25, 0.3) is 0 Å². The van der Waals surface area contributed by atoms with Crippen LogP contribution >= 0.6 is 0 Å². The molecule has 0 aliphatic rings. The van der Waals surface area contributed by atoms with Crippen molar-refractivity contribution in [3.63, 3.8) is 0 Å². The molecule has 2 rings (SSSR count). The number of aliphatic hydroxyl groups is 1. The van der Waals surface area contributed by atoms with Crippen molar-refractivity contribution in [1.29, 1.82) is 0 Å². The summed E-state index contributed by atoms with van der Waals surface area (Å²) in [6.07, 6.45) is 0.542. The van der Waals surface area contributed by atoms with Gasteiger partial charge in [-0.25, -0.2) is 13.1 Å². The summed E-state index contributed by atoms with van der Waals surface area (Å²) < 4.78 is 27.8. The molecule has 1 aromatic carbocycles. The number of rotatable bonds is 6. The summed E-state index contributed by atoms with van der Waals surface area (Å²) in [5, 5.41) is 9.89. The minimum absolute atomic E-state index is 0.0239. The Morgan fingerprint density at radius 2 is 1.86 bits per heavy atom. The average molecular weight is 322 g/mol. The van der Waals surface area contributed by atoms with E-state index < -0.39 is 16.1 Å². The number of aromatic nitrogens is 1. The summed E-state index contributed by atoms with van der Waals surface area (Å²) in [6.45, 7) is 1.72. The van der Waals surface area contributed by atoms with E-state index in [2.05, 4.69) is 4.72 Å². The molecule has 0 saturated heterocycles. The van der Waals surface area contributed by atoms with Crippen LogP contribution in [0.2, 0.25) is 0 Å². The topological polar surface area (TPSA) is 88.4 Å². The van der Waals surface area contributed by atoms with E-state index in [-0.39, 0.29) is 23.5 Å². The molecule has 0 radical (unpaired) electrons. The normalized spacial score (nSPS) is 13.0. The van der Waals surface area contributed by atoms with Crippen molar-refractivity contribution in [3.05, 3.63) is 64.6 Å². The molecule has 6 nitrogen and oxygen atoms in total. The monoisotopic (exact) mass is 322 g/mol. The molecule has 0 bridgehead atoms. The van der Waals surface area contributed by atoms with Gasteiger partial charge in [-0.15, -0.1) is 0 Å². The number of sulfonamides is 1. The summed E-state index contributed by atoms with van der Waals surface area (Å²) in [5.74, 6) is 0. The van der Waals surface area contributed by atoms with Crippen molar-refractivity contribution in [2.45, 2.75) is 24.5 Å². The first-order valence-electron chi connectivity index (χ1n) is 6.78. The van der Waals surface area contributed by atoms with E-state index in [4.69, 9.17) is 0 Å². The Labute approximate surface area is 129 Å². The smallest absolute Gasteiger partial charge is 0.250 e. The molecule has 118 valence electrons. The second-order valence-corrected chi connectivity index (χ2v) is 6.78. The zero-order valence-corrected chi connectivity index (χ0v) is 13.0. The number of aliphatic hydroxyl groups excluding tert-OH is 1. The van der Waals surface area contributed by atoms with E-state index in [1.165, 1.54) is 22.8 Å². The van der Waals surface area contributed by atoms with Gasteiger partial charge in [-0.2, -0.15) is 0 Å². The number of aryl methyl sites for hydroxylation is 1. The van der Waals surface area contributed by atoms with Gasteiger partial charge in [0.15, 0.2) is 0 Å². The Hall–Kier alpha value is -1.96. The second kappa shape index (κ2) is 6.87. The zero-order chi connectivity index (χ0) is 16.2. The Balaban J connectivity index is 1.98. The number of nitrogens with zero attached hydrogens (tertiary/aromatic N) is 1. The van der Waals surface area contributed by atoms with Gasteiger partial charge in [-0.1, -0.05) is 23.8 Å². The zero-order valence-electron chi connectivity index (χ0n) is 12.1. The van der Waals surface area contributed by atoms with Gasteiger partial charge in [0.1, 0.15) is 0 Å². The van der Waals surface area contributed by atoms with Gasteiger partial charge in [-0.3, -0.25) is 4.79 Å². The maximum atomic E-state index is 12.1. The minimum atomic E-state index is -3.67. The molecule has 2 N–H and O–H groups in total. The predicted octanol–water partition coefficient (Wildman–Crippen LogP) is 0.496. The third kappa shape index (κ3) is 4.27. The first-order chi connectivity index (χ1) is 10.4. The summed E-state index contributed by atoms with van der Waals surface area (Å²) in [4.78, 5) is 11.7. The lowest BCUT2D eigenvalue weighted by Gasteiger charge is -2.13. The van der Waals surface area contributed by atoms with Crippen molar-refractivity contribution in [2.75, 3.05) is 6.54 Å². The third-order valence-corrected chi connectivity index (χ3v) is 4.59. The van der Waals surface area contributed by atoms with Crippen LogP contribution in [0.5, 0.6) is 0 Å². The van der Waals surface area contributed by atoms with Gasteiger partial charge >= 0.3 is 0 Å². The van der Waals surface area contributed by atoms with Gasteiger partial charge in [0, 0.05) is 18.8 Å². The Morgan fingerprint density at radius 1 is 1.18 bits per heavy atom. The molecule has 1 heterocycles. The number of nitrogens with one attached hydrogen (secondary N) is 1. The molecule has 2 aromatic rings. The minimum Gasteiger partial charge on any atom is -0.390 e. The molecular weight excluding hydrogens is 304 g/mol. The molecule has 0 spiro atoms. The molecule has 0 saturated carbocycles. The van der Waals surface area contributed by atoms with Crippen LogP contribution < -0.4 is 10.3 Å². The number of hydrogen-bond acceptors (Lipinski definition) is 4. The molecule has 1 atom stereocenters. The van der Waals surface area contributed by atoms with E-state index in [0.717, 1.165) is 5.56 Å². The van der Waals surface area contributed by atoms with Crippen LogP contribution in [0.1, 0.15) is 5.56 Å². The first kappa shape index (κ1) is 16.4. The lowest BCUT2D eigenvalue weighted by Crippen LogP contribution is -2.36. The molecule has 0 aliphatic heterocycles. The number of hydrogen-bond donors (Lipinski definition) is 2. The molecule has 0 fully saturated rings. The summed E-state index contributed by atoms with van der Waals surface area (Å²) in [5.41, 5.74) is 0.713. The van der Waals surface area contributed by atoms with Crippen molar-refractivity contribution in [2.24, 2.45) is 0 Å². The van der Waals surface area contributed by atoms with Crippen LogP contribution in [0, 0.1) is 6.92 Å². The van der Waals surface area contributed by atoms with Crippen LogP contribution in [0.4, 0.5) is 0 Å². The molecule has 0 aliphatic carbocycles. The quantitative estimate of drug-likeness (QED) is 0.810. The van der Waals surface area contributed by atoms with Crippen LogP contribution in [-0.2, 0) is 16.6 Å². The summed E-state index contributed by atoms with van der Waals surface area (Å²) >= 11 is 0. The Kier molecular flexibility index (Phi) is 5.12. The van der Waals surface area contributed by atoms with Crippen molar-refractivity contribution < 1.29 is 13.5 Å². The van der Waals surface area contributed by atoms with Gasteiger partial charge in [0.25, 0.3) is 5.56 Å². The highest BCUT2D eigenvalue weighted by Gasteiger charge is 2.16. The highest BCUT2D eigenvalue weighted by molar-refractivity contribution is 7.89. The van der Waals surface area contributed by atoms with E-state index in [9.17, 15) is 18.3 Å². The maximum absolute atomic E-state index is 12.1. The van der Waals surface area contributed by atoms with E-state index >= 15 is 0 Å². The maximum Gasteiger partial charge on any atom is 0.250 e. The summed E-state index contributed by atoms with van der Waals surface area (Å²) in [7, 11) is -3.67. The number of benzene rings is 1. The SMILES string of the molecule is Cc1ccc(S(=O)(=O)NCC(O)Cn2ccccc2=O)cc1. The molecule has 22 heavy (non-hydrogen) atoms. The third-order valence-electron chi connectivity index (χ3n) is 3.15. The number of pyridine rings is 1. The van der Waals surface area contributed by atoms with Crippen molar-refractivity contribution >= 4 is 10.0 Å². The van der Waals surface area contributed by atoms with Crippen LogP contribution in [-0.4, -0.2) is 30.7 Å². The highest BCUT2D eigenvalue weighted by atomic mass is 32.2. The van der Waals surface area contributed by atoms with Gasteiger partial charge < -0.3 is 9.67 Å². The fourth-order valence-electron chi connectivity index (χ4n) is 1.91. The fraction of sp³-hybridized carbons (Fsp3) is 0.267. The first-order valence-corrected chi connectivity index (χ1v) is 8.27. The Bertz CT molecular complexity index is 782. The average Bonchev–Trinajstić information content (AvgIpc) is 2.48. The lowest BCUT2D eigenvalue weighted by molar-refractivity contribution is 0.156. The van der Waals surface area contributed by atoms with Gasteiger partial charge in [0.05, 0.1) is 17.5 Å². The Morgan fingerprint density at radius 3 is 2.50 bits per heavy atom. The van der Waals surface area contributed by atoms with E-state index in [1.54, 1.807) is 30.5 Å². The molecule has 7 heteroatoms. The van der Waals surface area contributed by atoms with Gasteiger partial charge in [0.2, 0.25) is 10.0 Å². The molecular formula is C15H18N2O4S. The second-order valence-electron chi connectivity index (χ2n) is 5.01. The molecule has 1 aromatic heterocycles. The summed E-state index contributed by atoms with van der Waals surface area (Å²) in [6, 6.07) is 11.1. The van der Waals surface area contributed by atoms with Crippen LogP contribution in [0.3, 0.4) is 0 Å². The highest BCUT2D eigenvalue weighted by Crippen LogP contribution is 2.09. The van der Waals surface area contributed by atoms with E-state index in [0.29, 0.717) is 0 Å². The molecule has 1 unspecified atom stereocenters. The van der Waals surface area contributed by atoms with Crippen LogP contribution in [0.15, 0.2) is 58.4 Å². The standard InChI is InChI=1S/C15H18N2O4S/c1-12-5-7-14(8-6-12)22(20,21)16-10-13(18)11-17-9-3-2-4-15(17)19/h2-9,13,16,18H,10-11H2,1H3. The molecule has 0 amide bonds. The fourth-order valence-corrected chi connectivity index (χ4v) is 2.98. The predicted molar refractivity (Wildman–Crippen MR) is 83.1 cm³/mol.